The van der Waals surface area contributed by atoms with Crippen molar-refractivity contribution in [3.63, 3.8) is 0 Å². The van der Waals surface area contributed by atoms with E-state index in [4.69, 9.17) is 4.74 Å². The topological polar surface area (TPSA) is 21.3 Å². The molecule has 0 spiro atoms. The molecule has 0 aliphatic carbocycles. The summed E-state index contributed by atoms with van der Waals surface area (Å²) < 4.78 is 5.66. The summed E-state index contributed by atoms with van der Waals surface area (Å²) in [5, 5.41) is 3.55. The maximum absolute atomic E-state index is 5.66. The van der Waals surface area contributed by atoms with Gasteiger partial charge in [0.15, 0.2) is 0 Å². The van der Waals surface area contributed by atoms with Crippen molar-refractivity contribution < 1.29 is 4.74 Å². The maximum atomic E-state index is 5.66. The van der Waals surface area contributed by atoms with Gasteiger partial charge in [-0.2, -0.15) is 0 Å². The standard InChI is InChI=1S/C10H21NO/c1-4-5-11-10-6-8(2)12-9(3)7-10/h8-11H,4-7H2,1-3H3. The van der Waals surface area contributed by atoms with Crippen LogP contribution in [-0.4, -0.2) is 24.8 Å². The average Bonchev–Trinajstić information content (AvgIpc) is 1.99. The molecule has 1 fully saturated rings. The summed E-state index contributed by atoms with van der Waals surface area (Å²) in [5.74, 6) is 0. The molecular weight excluding hydrogens is 150 g/mol. The van der Waals surface area contributed by atoms with E-state index in [0.717, 1.165) is 6.54 Å². The van der Waals surface area contributed by atoms with E-state index in [-0.39, 0.29) is 0 Å². The lowest BCUT2D eigenvalue weighted by Gasteiger charge is -2.32. The first kappa shape index (κ1) is 10.0. The third kappa shape index (κ3) is 3.11. The number of nitrogens with one attached hydrogen (secondary N) is 1. The highest BCUT2D eigenvalue weighted by atomic mass is 16.5. The van der Waals surface area contributed by atoms with Crippen LogP contribution < -0.4 is 5.32 Å². The maximum Gasteiger partial charge on any atom is 0.0565 e. The zero-order valence-corrected chi connectivity index (χ0v) is 8.47. The Bertz CT molecular complexity index is 117. The molecule has 0 bridgehead atoms. The molecule has 1 rings (SSSR count). The highest BCUT2D eigenvalue weighted by Crippen LogP contribution is 2.18. The predicted molar refractivity (Wildman–Crippen MR) is 51.3 cm³/mol. The van der Waals surface area contributed by atoms with Gasteiger partial charge in [0.05, 0.1) is 12.2 Å². The van der Waals surface area contributed by atoms with Crippen molar-refractivity contribution in [3.8, 4) is 0 Å². The van der Waals surface area contributed by atoms with Gasteiger partial charge in [-0.1, -0.05) is 6.92 Å². The smallest absolute Gasteiger partial charge is 0.0565 e. The van der Waals surface area contributed by atoms with Crippen LogP contribution in [0, 0.1) is 0 Å². The van der Waals surface area contributed by atoms with Crippen LogP contribution >= 0.6 is 0 Å². The molecule has 1 aliphatic rings. The van der Waals surface area contributed by atoms with Crippen LogP contribution in [-0.2, 0) is 4.74 Å². The average molecular weight is 171 g/mol. The Hall–Kier alpha value is -0.0800. The monoisotopic (exact) mass is 171 g/mol. The van der Waals surface area contributed by atoms with Gasteiger partial charge < -0.3 is 10.1 Å². The van der Waals surface area contributed by atoms with Crippen molar-refractivity contribution >= 4 is 0 Å². The Morgan fingerprint density at radius 3 is 2.33 bits per heavy atom. The summed E-state index contributed by atoms with van der Waals surface area (Å²) in [5.41, 5.74) is 0. The first-order valence-corrected chi connectivity index (χ1v) is 5.11. The predicted octanol–water partition coefficient (Wildman–Crippen LogP) is 1.94. The summed E-state index contributed by atoms with van der Waals surface area (Å²) in [4.78, 5) is 0. The molecule has 1 saturated heterocycles. The fraction of sp³-hybridized carbons (Fsp3) is 1.00. The molecule has 2 heteroatoms. The summed E-state index contributed by atoms with van der Waals surface area (Å²) >= 11 is 0. The molecule has 2 atom stereocenters. The van der Waals surface area contributed by atoms with Gasteiger partial charge in [-0.05, 0) is 39.7 Å². The molecule has 2 unspecified atom stereocenters. The van der Waals surface area contributed by atoms with Crippen molar-refractivity contribution in [1.82, 2.24) is 5.32 Å². The highest BCUT2D eigenvalue weighted by molar-refractivity contribution is 4.78. The summed E-state index contributed by atoms with van der Waals surface area (Å²) in [6.07, 6.45) is 4.43. The Labute approximate surface area is 75.7 Å². The lowest BCUT2D eigenvalue weighted by atomic mass is 10.00. The van der Waals surface area contributed by atoms with E-state index in [9.17, 15) is 0 Å². The van der Waals surface area contributed by atoms with Crippen LogP contribution in [0.25, 0.3) is 0 Å². The lowest BCUT2D eigenvalue weighted by molar-refractivity contribution is -0.0419. The minimum atomic E-state index is 0.433. The zero-order valence-electron chi connectivity index (χ0n) is 8.47. The fourth-order valence-corrected chi connectivity index (χ4v) is 1.92. The Morgan fingerprint density at radius 1 is 1.25 bits per heavy atom. The van der Waals surface area contributed by atoms with Crippen LogP contribution in [0.15, 0.2) is 0 Å². The van der Waals surface area contributed by atoms with E-state index < -0.39 is 0 Å². The van der Waals surface area contributed by atoms with Gasteiger partial charge in [-0.3, -0.25) is 0 Å². The van der Waals surface area contributed by atoms with Crippen molar-refractivity contribution in [2.75, 3.05) is 6.54 Å². The van der Waals surface area contributed by atoms with Gasteiger partial charge in [0.2, 0.25) is 0 Å². The molecule has 0 radical (unpaired) electrons. The Morgan fingerprint density at radius 2 is 1.83 bits per heavy atom. The SMILES string of the molecule is CCCNC1CC(C)OC(C)C1. The summed E-state index contributed by atoms with van der Waals surface area (Å²) in [7, 11) is 0. The molecule has 1 aliphatic heterocycles. The quantitative estimate of drug-likeness (QED) is 0.700. The molecule has 0 aromatic heterocycles. The van der Waals surface area contributed by atoms with E-state index in [0.29, 0.717) is 18.2 Å². The molecule has 72 valence electrons. The van der Waals surface area contributed by atoms with Crippen molar-refractivity contribution in [1.29, 1.82) is 0 Å². The number of hydrogen-bond acceptors (Lipinski definition) is 2. The van der Waals surface area contributed by atoms with Crippen molar-refractivity contribution in [2.45, 2.75) is 58.3 Å². The molecule has 0 amide bonds. The van der Waals surface area contributed by atoms with Gasteiger partial charge in [-0.25, -0.2) is 0 Å². The van der Waals surface area contributed by atoms with Gasteiger partial charge in [0.25, 0.3) is 0 Å². The van der Waals surface area contributed by atoms with E-state index in [2.05, 4.69) is 26.1 Å². The third-order valence-electron chi connectivity index (χ3n) is 2.38. The molecule has 0 aromatic carbocycles. The lowest BCUT2D eigenvalue weighted by Crippen LogP contribution is -2.41. The van der Waals surface area contributed by atoms with Crippen LogP contribution in [0.4, 0.5) is 0 Å². The first-order valence-electron chi connectivity index (χ1n) is 5.11. The second-order valence-corrected chi connectivity index (χ2v) is 3.88. The minimum Gasteiger partial charge on any atom is -0.375 e. The summed E-state index contributed by atoms with van der Waals surface area (Å²) in [6, 6.07) is 0.684. The number of ether oxygens (including phenoxy) is 1. The van der Waals surface area contributed by atoms with Crippen molar-refractivity contribution in [3.05, 3.63) is 0 Å². The van der Waals surface area contributed by atoms with Crippen LogP contribution in [0.3, 0.4) is 0 Å². The van der Waals surface area contributed by atoms with Crippen molar-refractivity contribution in [2.24, 2.45) is 0 Å². The summed E-state index contributed by atoms with van der Waals surface area (Å²) in [6.45, 7) is 7.68. The van der Waals surface area contributed by atoms with Crippen LogP contribution in [0.1, 0.15) is 40.0 Å². The second-order valence-electron chi connectivity index (χ2n) is 3.88. The van der Waals surface area contributed by atoms with E-state index in [1.165, 1.54) is 19.3 Å². The number of hydrogen-bond donors (Lipinski definition) is 1. The van der Waals surface area contributed by atoms with E-state index in [1.54, 1.807) is 0 Å². The Kier molecular flexibility index (Phi) is 4.02. The first-order chi connectivity index (χ1) is 5.72. The van der Waals surface area contributed by atoms with Crippen LogP contribution in [0.5, 0.6) is 0 Å². The fourth-order valence-electron chi connectivity index (χ4n) is 1.92. The second kappa shape index (κ2) is 4.83. The molecule has 12 heavy (non-hydrogen) atoms. The van der Waals surface area contributed by atoms with E-state index >= 15 is 0 Å². The highest BCUT2D eigenvalue weighted by Gasteiger charge is 2.23. The van der Waals surface area contributed by atoms with Gasteiger partial charge in [-0.15, -0.1) is 0 Å². The Balaban J connectivity index is 2.24. The zero-order chi connectivity index (χ0) is 8.97. The molecule has 0 aromatic rings. The molecule has 2 nitrogen and oxygen atoms in total. The minimum absolute atomic E-state index is 0.433. The van der Waals surface area contributed by atoms with Gasteiger partial charge >= 0.3 is 0 Å². The van der Waals surface area contributed by atoms with Gasteiger partial charge in [0, 0.05) is 6.04 Å². The van der Waals surface area contributed by atoms with Gasteiger partial charge in [0.1, 0.15) is 0 Å². The molecule has 0 saturated carbocycles. The van der Waals surface area contributed by atoms with E-state index in [1.807, 2.05) is 0 Å². The molecular formula is C10H21NO. The third-order valence-corrected chi connectivity index (χ3v) is 2.38. The normalized spacial score (nSPS) is 36.8. The molecule has 1 N–H and O–H groups in total. The largest absolute Gasteiger partial charge is 0.375 e. The molecule has 1 heterocycles. The number of rotatable bonds is 3. The van der Waals surface area contributed by atoms with Crippen LogP contribution in [0.2, 0.25) is 0 Å².